The Morgan fingerprint density at radius 2 is 1.60 bits per heavy atom. The lowest BCUT2D eigenvalue weighted by atomic mass is 10.0. The van der Waals surface area contributed by atoms with E-state index in [0.717, 1.165) is 6.07 Å². The molecule has 5 nitrogen and oxygen atoms in total. The number of benzene rings is 1. The van der Waals surface area contributed by atoms with Crippen molar-refractivity contribution >= 4 is 17.7 Å². The van der Waals surface area contributed by atoms with E-state index in [2.05, 4.69) is 6.58 Å². The van der Waals surface area contributed by atoms with Gasteiger partial charge in [-0.05, 0) is 18.2 Å². The van der Waals surface area contributed by atoms with Gasteiger partial charge in [0.05, 0.1) is 11.1 Å². The van der Waals surface area contributed by atoms with E-state index in [-0.39, 0.29) is 16.7 Å². The van der Waals surface area contributed by atoms with Crippen LogP contribution in [0.3, 0.4) is 0 Å². The minimum absolute atomic E-state index is 0.00694. The smallest absolute Gasteiger partial charge is 0.336 e. The summed E-state index contributed by atoms with van der Waals surface area (Å²) in [5.74, 6) is -2.96. The summed E-state index contributed by atoms with van der Waals surface area (Å²) in [6, 6.07) is 3.38. The topological polar surface area (TPSA) is 94.8 Å². The van der Waals surface area contributed by atoms with Gasteiger partial charge in [-0.1, -0.05) is 6.58 Å². The van der Waals surface area contributed by atoms with Crippen LogP contribution in [0.15, 0.2) is 24.8 Å². The molecule has 3 N–H and O–H groups in total. The third-order valence-electron chi connectivity index (χ3n) is 1.81. The average Bonchev–Trinajstić information content (AvgIpc) is 2.16. The molecular weight excluding hydrogens is 200 g/mol. The van der Waals surface area contributed by atoms with Gasteiger partial charge in [0, 0.05) is 5.56 Å². The largest absolute Gasteiger partial charge is 0.508 e. The van der Waals surface area contributed by atoms with E-state index < -0.39 is 17.7 Å². The van der Waals surface area contributed by atoms with Crippen molar-refractivity contribution in [3.63, 3.8) is 0 Å². The molecule has 15 heavy (non-hydrogen) atoms. The third kappa shape index (κ3) is 2.14. The Bertz CT molecular complexity index is 447. The molecule has 0 saturated heterocycles. The molecule has 0 atom stereocenters. The molecule has 0 saturated carbocycles. The van der Waals surface area contributed by atoms with Gasteiger partial charge in [-0.2, -0.15) is 0 Å². The van der Waals surface area contributed by atoms with Crippen molar-refractivity contribution in [1.29, 1.82) is 0 Å². The summed E-state index contributed by atoms with van der Waals surface area (Å²) in [6.45, 7) is 3.19. The van der Waals surface area contributed by atoms with Gasteiger partial charge < -0.3 is 15.3 Å². The van der Waals surface area contributed by atoms with Crippen molar-refractivity contribution < 1.29 is 24.9 Å². The van der Waals surface area contributed by atoms with Gasteiger partial charge in [-0.25, -0.2) is 9.59 Å². The quantitative estimate of drug-likeness (QED) is 0.656. The summed E-state index contributed by atoms with van der Waals surface area (Å²) < 4.78 is 0. The van der Waals surface area contributed by atoms with Crippen molar-refractivity contribution in [1.82, 2.24) is 0 Å². The first kappa shape index (κ1) is 10.8. The van der Waals surface area contributed by atoms with Gasteiger partial charge in [-0.15, -0.1) is 0 Å². The molecule has 0 spiro atoms. The number of hydrogen-bond donors (Lipinski definition) is 3. The zero-order valence-electron chi connectivity index (χ0n) is 7.60. The summed E-state index contributed by atoms with van der Waals surface area (Å²) in [6.07, 6.45) is 0. The number of carboxylic acids is 2. The molecule has 78 valence electrons. The van der Waals surface area contributed by atoms with Gasteiger partial charge in [0.25, 0.3) is 0 Å². The van der Waals surface area contributed by atoms with Gasteiger partial charge in [0.1, 0.15) is 5.76 Å². The molecule has 1 aromatic rings. The molecule has 0 amide bonds. The maximum atomic E-state index is 10.8. The fourth-order valence-electron chi connectivity index (χ4n) is 1.11. The van der Waals surface area contributed by atoms with Gasteiger partial charge >= 0.3 is 11.9 Å². The van der Waals surface area contributed by atoms with Crippen LogP contribution in [0.4, 0.5) is 0 Å². The second-order valence-electron chi connectivity index (χ2n) is 2.82. The van der Waals surface area contributed by atoms with Gasteiger partial charge in [0.15, 0.2) is 0 Å². The standard InChI is InChI=1S/C10H8O5/c1-5(11)7-3-2-6(9(12)13)4-8(7)10(14)15/h2-4,11H,1H2,(H,12,13)(H,14,15). The second kappa shape index (κ2) is 3.83. The number of carbonyl (C=O) groups is 2. The van der Waals surface area contributed by atoms with Crippen LogP contribution in [0.2, 0.25) is 0 Å². The fourth-order valence-corrected chi connectivity index (χ4v) is 1.11. The predicted molar refractivity (Wildman–Crippen MR) is 52.0 cm³/mol. The first-order valence-corrected chi connectivity index (χ1v) is 3.92. The lowest BCUT2D eigenvalue weighted by Gasteiger charge is -2.05. The zero-order valence-corrected chi connectivity index (χ0v) is 7.60. The number of carboxylic acid groups (broad SMARTS) is 2. The lowest BCUT2D eigenvalue weighted by molar-refractivity contribution is 0.0695. The molecule has 0 heterocycles. The van der Waals surface area contributed by atoms with Crippen molar-refractivity contribution in [3.8, 4) is 0 Å². The predicted octanol–water partition coefficient (Wildman–Crippen LogP) is 1.61. The van der Waals surface area contributed by atoms with Crippen LogP contribution in [0.25, 0.3) is 5.76 Å². The minimum atomic E-state index is -1.32. The molecule has 0 unspecified atom stereocenters. The highest BCUT2D eigenvalue weighted by molar-refractivity contribution is 5.97. The molecule has 0 aliphatic carbocycles. The van der Waals surface area contributed by atoms with Crippen molar-refractivity contribution in [3.05, 3.63) is 41.5 Å². The monoisotopic (exact) mass is 208 g/mol. The van der Waals surface area contributed by atoms with E-state index in [0.29, 0.717) is 0 Å². The molecule has 0 aromatic heterocycles. The summed E-state index contributed by atoms with van der Waals surface area (Å²) in [5.41, 5.74) is -0.438. The van der Waals surface area contributed by atoms with Crippen molar-refractivity contribution in [2.45, 2.75) is 0 Å². The van der Waals surface area contributed by atoms with E-state index in [1.54, 1.807) is 0 Å². The molecule has 0 aliphatic rings. The normalized spacial score (nSPS) is 9.60. The van der Waals surface area contributed by atoms with Gasteiger partial charge in [-0.3, -0.25) is 0 Å². The Balaban J connectivity index is 3.40. The Kier molecular flexibility index (Phi) is 2.75. The molecule has 0 bridgehead atoms. The van der Waals surface area contributed by atoms with E-state index in [4.69, 9.17) is 15.3 Å². The highest BCUT2D eigenvalue weighted by Gasteiger charge is 2.15. The number of hydrogen-bond acceptors (Lipinski definition) is 3. The average molecular weight is 208 g/mol. The number of aliphatic hydroxyl groups is 1. The maximum absolute atomic E-state index is 10.8. The van der Waals surface area contributed by atoms with Crippen LogP contribution < -0.4 is 0 Å². The molecule has 0 aliphatic heterocycles. The molecule has 1 rings (SSSR count). The fraction of sp³-hybridized carbons (Fsp3) is 0. The van der Waals surface area contributed by atoms with E-state index in [9.17, 15) is 9.59 Å². The lowest BCUT2D eigenvalue weighted by Crippen LogP contribution is -2.05. The Hall–Kier alpha value is -2.30. The van der Waals surface area contributed by atoms with Crippen LogP contribution in [0.1, 0.15) is 26.3 Å². The Morgan fingerprint density at radius 3 is 2.00 bits per heavy atom. The van der Waals surface area contributed by atoms with Crippen LogP contribution >= 0.6 is 0 Å². The summed E-state index contributed by atoms with van der Waals surface area (Å²) >= 11 is 0. The van der Waals surface area contributed by atoms with Crippen LogP contribution in [-0.4, -0.2) is 27.3 Å². The molecule has 0 fully saturated rings. The van der Waals surface area contributed by atoms with Crippen molar-refractivity contribution in [2.24, 2.45) is 0 Å². The number of aliphatic hydroxyl groups excluding tert-OH is 1. The Morgan fingerprint density at radius 1 is 1.00 bits per heavy atom. The first-order valence-electron chi connectivity index (χ1n) is 3.92. The Labute approximate surface area is 84.9 Å². The van der Waals surface area contributed by atoms with E-state index >= 15 is 0 Å². The summed E-state index contributed by atoms with van der Waals surface area (Å²) in [5, 5.41) is 26.5. The number of rotatable bonds is 3. The zero-order chi connectivity index (χ0) is 11.6. The van der Waals surface area contributed by atoms with E-state index in [1.165, 1.54) is 12.1 Å². The first-order chi connectivity index (χ1) is 6.93. The summed E-state index contributed by atoms with van der Waals surface area (Å²) in [4.78, 5) is 21.3. The third-order valence-corrected chi connectivity index (χ3v) is 1.81. The molecule has 1 aromatic carbocycles. The highest BCUT2D eigenvalue weighted by Crippen LogP contribution is 2.17. The minimum Gasteiger partial charge on any atom is -0.508 e. The molecule has 0 radical (unpaired) electrons. The van der Waals surface area contributed by atoms with Crippen LogP contribution in [-0.2, 0) is 0 Å². The van der Waals surface area contributed by atoms with Crippen LogP contribution in [0.5, 0.6) is 0 Å². The van der Waals surface area contributed by atoms with E-state index in [1.807, 2.05) is 0 Å². The van der Waals surface area contributed by atoms with Crippen molar-refractivity contribution in [2.75, 3.05) is 0 Å². The summed E-state index contributed by atoms with van der Waals surface area (Å²) in [7, 11) is 0. The van der Waals surface area contributed by atoms with Gasteiger partial charge in [0.2, 0.25) is 0 Å². The second-order valence-corrected chi connectivity index (χ2v) is 2.82. The SMILES string of the molecule is C=C(O)c1ccc(C(=O)O)cc1C(=O)O. The van der Waals surface area contributed by atoms with Crippen LogP contribution in [0, 0.1) is 0 Å². The highest BCUT2D eigenvalue weighted by atomic mass is 16.4. The number of aromatic carboxylic acids is 2. The molecule has 5 heteroatoms. The maximum Gasteiger partial charge on any atom is 0.336 e. The molecular formula is C10H8O5.